The van der Waals surface area contributed by atoms with Crippen LogP contribution in [-0.4, -0.2) is 23.0 Å². The topological polar surface area (TPSA) is 16.1 Å². The van der Waals surface area contributed by atoms with Crippen molar-refractivity contribution >= 4 is 11.3 Å². The number of aromatic nitrogens is 1. The molecule has 0 bridgehead atoms. The van der Waals surface area contributed by atoms with E-state index in [4.69, 9.17) is 0 Å². The number of hydrogen-bond donors (Lipinski definition) is 0. The molecule has 1 heterocycles. The van der Waals surface area contributed by atoms with Crippen LogP contribution in [0.1, 0.15) is 23.4 Å². The van der Waals surface area contributed by atoms with Crippen LogP contribution in [0.25, 0.3) is 0 Å². The van der Waals surface area contributed by atoms with Crippen molar-refractivity contribution in [1.29, 1.82) is 0 Å². The van der Waals surface area contributed by atoms with Gasteiger partial charge in [0.2, 0.25) is 0 Å². The Kier molecular flexibility index (Phi) is 2.15. The van der Waals surface area contributed by atoms with Gasteiger partial charge in [-0.3, -0.25) is 4.90 Å². The van der Waals surface area contributed by atoms with E-state index in [0.717, 1.165) is 12.6 Å². The Labute approximate surface area is 77.2 Å². The molecule has 0 aliphatic heterocycles. The van der Waals surface area contributed by atoms with Crippen molar-refractivity contribution in [1.82, 2.24) is 9.88 Å². The highest BCUT2D eigenvalue weighted by molar-refractivity contribution is 7.09. The first-order valence-electron chi connectivity index (χ1n) is 4.36. The lowest BCUT2D eigenvalue weighted by atomic mass is 10.3. The van der Waals surface area contributed by atoms with Crippen LogP contribution in [0.15, 0.2) is 5.51 Å². The van der Waals surface area contributed by atoms with Gasteiger partial charge in [0.1, 0.15) is 0 Å². The number of rotatable bonds is 3. The quantitative estimate of drug-likeness (QED) is 0.711. The maximum absolute atomic E-state index is 4.24. The van der Waals surface area contributed by atoms with E-state index in [1.54, 1.807) is 11.3 Å². The van der Waals surface area contributed by atoms with E-state index in [2.05, 4.69) is 23.9 Å². The van der Waals surface area contributed by atoms with E-state index in [1.165, 1.54) is 23.4 Å². The smallest absolute Gasteiger partial charge is 0.0798 e. The van der Waals surface area contributed by atoms with Crippen molar-refractivity contribution in [3.8, 4) is 0 Å². The van der Waals surface area contributed by atoms with Gasteiger partial charge < -0.3 is 0 Å². The first kappa shape index (κ1) is 8.20. The predicted octanol–water partition coefficient (Wildman–Crippen LogP) is 2.05. The highest BCUT2D eigenvalue weighted by Crippen LogP contribution is 2.27. The lowest BCUT2D eigenvalue weighted by Crippen LogP contribution is -2.19. The van der Waals surface area contributed by atoms with Gasteiger partial charge in [-0.15, -0.1) is 11.3 Å². The van der Waals surface area contributed by atoms with Crippen molar-refractivity contribution < 1.29 is 0 Å². The van der Waals surface area contributed by atoms with Gasteiger partial charge in [-0.25, -0.2) is 4.98 Å². The Hall–Kier alpha value is -0.410. The Balaban J connectivity index is 1.97. The molecule has 0 saturated heterocycles. The summed E-state index contributed by atoms with van der Waals surface area (Å²) in [5.41, 5.74) is 3.14. The van der Waals surface area contributed by atoms with Crippen LogP contribution in [0.3, 0.4) is 0 Å². The molecule has 1 saturated carbocycles. The summed E-state index contributed by atoms with van der Waals surface area (Å²) in [6.07, 6.45) is 2.77. The fourth-order valence-electron chi connectivity index (χ4n) is 1.35. The average Bonchev–Trinajstić information content (AvgIpc) is 2.80. The molecule has 2 nitrogen and oxygen atoms in total. The van der Waals surface area contributed by atoms with Crippen molar-refractivity contribution in [3.63, 3.8) is 0 Å². The monoisotopic (exact) mass is 182 g/mol. The lowest BCUT2D eigenvalue weighted by molar-refractivity contribution is 0.318. The average molecular weight is 182 g/mol. The fraction of sp³-hybridized carbons (Fsp3) is 0.667. The molecule has 0 unspecified atom stereocenters. The third-order valence-electron chi connectivity index (χ3n) is 2.41. The number of thiazole rings is 1. The second-order valence-corrected chi connectivity index (χ2v) is 4.45. The lowest BCUT2D eigenvalue weighted by Gasteiger charge is -2.13. The summed E-state index contributed by atoms with van der Waals surface area (Å²) in [6, 6.07) is 0.853. The number of hydrogen-bond acceptors (Lipinski definition) is 3. The molecule has 0 spiro atoms. The molecule has 0 N–H and O–H groups in total. The largest absolute Gasteiger partial charge is 0.298 e. The summed E-state index contributed by atoms with van der Waals surface area (Å²) in [5, 5.41) is 0. The molecule has 2 rings (SSSR count). The zero-order valence-electron chi connectivity index (χ0n) is 7.58. The summed E-state index contributed by atoms with van der Waals surface area (Å²) < 4.78 is 0. The summed E-state index contributed by atoms with van der Waals surface area (Å²) >= 11 is 1.77. The van der Waals surface area contributed by atoms with Gasteiger partial charge in [0.15, 0.2) is 0 Å². The van der Waals surface area contributed by atoms with Crippen LogP contribution >= 0.6 is 11.3 Å². The molecule has 0 radical (unpaired) electrons. The van der Waals surface area contributed by atoms with E-state index >= 15 is 0 Å². The molecule has 0 aromatic carbocycles. The molecule has 0 amide bonds. The molecule has 1 fully saturated rings. The van der Waals surface area contributed by atoms with Crippen molar-refractivity contribution in [2.75, 3.05) is 7.05 Å². The number of aryl methyl sites for hydroxylation is 1. The normalized spacial score (nSPS) is 17.2. The summed E-state index contributed by atoms with van der Waals surface area (Å²) in [4.78, 5) is 8.09. The van der Waals surface area contributed by atoms with E-state index in [0.29, 0.717) is 0 Å². The number of nitrogens with zero attached hydrogens (tertiary/aromatic N) is 2. The van der Waals surface area contributed by atoms with E-state index in [9.17, 15) is 0 Å². The summed E-state index contributed by atoms with van der Waals surface area (Å²) in [7, 11) is 2.21. The van der Waals surface area contributed by atoms with Crippen LogP contribution in [0.4, 0.5) is 0 Å². The summed E-state index contributed by atoms with van der Waals surface area (Å²) in [5.74, 6) is 0. The van der Waals surface area contributed by atoms with Crippen molar-refractivity contribution in [2.24, 2.45) is 0 Å². The summed E-state index contributed by atoms with van der Waals surface area (Å²) in [6.45, 7) is 3.17. The minimum atomic E-state index is 0.853. The Morgan fingerprint density at radius 1 is 1.67 bits per heavy atom. The fourth-order valence-corrected chi connectivity index (χ4v) is 2.19. The zero-order chi connectivity index (χ0) is 8.55. The van der Waals surface area contributed by atoms with Crippen LogP contribution < -0.4 is 0 Å². The molecule has 3 heteroatoms. The second kappa shape index (κ2) is 3.15. The molecule has 1 aliphatic rings. The minimum Gasteiger partial charge on any atom is -0.298 e. The van der Waals surface area contributed by atoms with E-state index in [-0.39, 0.29) is 0 Å². The maximum Gasteiger partial charge on any atom is 0.0798 e. The first-order valence-corrected chi connectivity index (χ1v) is 5.24. The van der Waals surface area contributed by atoms with Crippen LogP contribution in [0.5, 0.6) is 0 Å². The molecular formula is C9H14N2S. The molecule has 0 atom stereocenters. The van der Waals surface area contributed by atoms with Crippen LogP contribution in [-0.2, 0) is 6.54 Å². The molecule has 1 aromatic rings. The van der Waals surface area contributed by atoms with Gasteiger partial charge in [0.25, 0.3) is 0 Å². The third-order valence-corrected chi connectivity index (χ3v) is 3.33. The van der Waals surface area contributed by atoms with Crippen LogP contribution in [0, 0.1) is 6.92 Å². The van der Waals surface area contributed by atoms with Crippen molar-refractivity contribution in [3.05, 3.63) is 16.1 Å². The highest BCUT2D eigenvalue weighted by atomic mass is 32.1. The SMILES string of the molecule is Cc1ncsc1CN(C)C1CC1. The van der Waals surface area contributed by atoms with Gasteiger partial charge in [0, 0.05) is 17.5 Å². The maximum atomic E-state index is 4.24. The van der Waals surface area contributed by atoms with Gasteiger partial charge in [0.05, 0.1) is 11.2 Å². The third kappa shape index (κ3) is 1.67. The molecule has 1 aromatic heterocycles. The van der Waals surface area contributed by atoms with E-state index < -0.39 is 0 Å². The Morgan fingerprint density at radius 3 is 2.92 bits per heavy atom. The van der Waals surface area contributed by atoms with Crippen LogP contribution in [0.2, 0.25) is 0 Å². The van der Waals surface area contributed by atoms with Gasteiger partial charge >= 0.3 is 0 Å². The minimum absolute atomic E-state index is 0.853. The Morgan fingerprint density at radius 2 is 2.42 bits per heavy atom. The second-order valence-electron chi connectivity index (χ2n) is 3.51. The zero-order valence-corrected chi connectivity index (χ0v) is 8.40. The predicted molar refractivity (Wildman–Crippen MR) is 51.3 cm³/mol. The van der Waals surface area contributed by atoms with Gasteiger partial charge in [-0.2, -0.15) is 0 Å². The van der Waals surface area contributed by atoms with Gasteiger partial charge in [-0.05, 0) is 26.8 Å². The molecule has 66 valence electrons. The molecular weight excluding hydrogens is 168 g/mol. The first-order chi connectivity index (χ1) is 5.77. The van der Waals surface area contributed by atoms with Gasteiger partial charge in [-0.1, -0.05) is 0 Å². The molecule has 1 aliphatic carbocycles. The van der Waals surface area contributed by atoms with Crippen molar-refractivity contribution in [2.45, 2.75) is 32.4 Å². The Bertz CT molecular complexity index is 265. The molecule has 12 heavy (non-hydrogen) atoms. The highest BCUT2D eigenvalue weighted by Gasteiger charge is 2.26. The van der Waals surface area contributed by atoms with E-state index in [1.807, 2.05) is 5.51 Å². The standard InChI is InChI=1S/C9H14N2S/c1-7-9(12-6-10-7)5-11(2)8-3-4-8/h6,8H,3-5H2,1-2H3.